The van der Waals surface area contributed by atoms with Gasteiger partial charge in [0.2, 0.25) is 0 Å². The van der Waals surface area contributed by atoms with Gasteiger partial charge in [-0.2, -0.15) is 0 Å². The third kappa shape index (κ3) is 4.87. The molecule has 1 atom stereocenters. The molecule has 0 bridgehead atoms. The number of thiazole rings is 1. The Morgan fingerprint density at radius 1 is 1.40 bits per heavy atom. The quantitative estimate of drug-likeness (QED) is 0.711. The van der Waals surface area contributed by atoms with E-state index in [4.69, 9.17) is 10.5 Å². The maximum atomic E-state index is 12.1. The molecule has 3 N–H and O–H groups in total. The highest BCUT2D eigenvalue weighted by atomic mass is 32.1. The van der Waals surface area contributed by atoms with Gasteiger partial charge in [-0.1, -0.05) is 24.3 Å². The van der Waals surface area contributed by atoms with Crippen molar-refractivity contribution in [2.24, 2.45) is 5.73 Å². The van der Waals surface area contributed by atoms with Crippen molar-refractivity contribution < 1.29 is 9.53 Å². The van der Waals surface area contributed by atoms with Gasteiger partial charge >= 0.3 is 0 Å². The lowest BCUT2D eigenvalue weighted by Gasteiger charge is -2.25. The number of nitrogens with two attached hydrogens (primary N) is 1. The van der Waals surface area contributed by atoms with E-state index in [1.54, 1.807) is 5.38 Å². The highest BCUT2D eigenvalue weighted by Gasteiger charge is 2.19. The Morgan fingerprint density at radius 2 is 2.28 bits per heavy atom. The molecule has 1 heterocycles. The molecule has 0 spiro atoms. The monoisotopic (exact) mass is 359 g/mol. The van der Waals surface area contributed by atoms with Crippen LogP contribution in [-0.4, -0.2) is 30.6 Å². The highest BCUT2D eigenvalue weighted by Crippen LogP contribution is 2.32. The number of ether oxygens (including phenoxy) is 1. The topological polar surface area (TPSA) is 77.2 Å². The lowest BCUT2D eigenvalue weighted by atomic mass is 9.89. The van der Waals surface area contributed by atoms with Crippen LogP contribution in [0.15, 0.2) is 29.6 Å². The van der Waals surface area contributed by atoms with Gasteiger partial charge in [-0.15, -0.1) is 11.3 Å². The SMILES string of the molecule is NCCc1nc(C(=O)NCCCOC2CCCc3ccccc32)cs1. The van der Waals surface area contributed by atoms with E-state index in [2.05, 4.69) is 34.6 Å². The minimum absolute atomic E-state index is 0.123. The van der Waals surface area contributed by atoms with Crippen molar-refractivity contribution in [2.45, 2.75) is 38.2 Å². The van der Waals surface area contributed by atoms with E-state index in [1.807, 2.05) is 0 Å². The van der Waals surface area contributed by atoms with E-state index in [9.17, 15) is 4.79 Å². The van der Waals surface area contributed by atoms with Crippen LogP contribution < -0.4 is 11.1 Å². The fourth-order valence-corrected chi connectivity index (χ4v) is 3.92. The van der Waals surface area contributed by atoms with Gasteiger partial charge in [0.15, 0.2) is 0 Å². The lowest BCUT2D eigenvalue weighted by Crippen LogP contribution is -2.26. The molecule has 1 amide bonds. The summed E-state index contributed by atoms with van der Waals surface area (Å²) >= 11 is 1.48. The van der Waals surface area contributed by atoms with Crippen LogP contribution in [0.3, 0.4) is 0 Å². The normalized spacial score (nSPS) is 16.4. The van der Waals surface area contributed by atoms with Crippen molar-refractivity contribution in [1.82, 2.24) is 10.3 Å². The van der Waals surface area contributed by atoms with Gasteiger partial charge in [0.1, 0.15) is 5.69 Å². The molecule has 1 unspecified atom stereocenters. The largest absolute Gasteiger partial charge is 0.373 e. The molecule has 1 aliphatic carbocycles. The smallest absolute Gasteiger partial charge is 0.270 e. The number of aromatic nitrogens is 1. The zero-order valence-electron chi connectivity index (χ0n) is 14.4. The van der Waals surface area contributed by atoms with Gasteiger partial charge in [-0.3, -0.25) is 4.79 Å². The van der Waals surface area contributed by atoms with E-state index in [-0.39, 0.29) is 12.0 Å². The zero-order valence-corrected chi connectivity index (χ0v) is 15.2. The average Bonchev–Trinajstić information content (AvgIpc) is 3.10. The van der Waals surface area contributed by atoms with Crippen LogP contribution in [0.2, 0.25) is 0 Å². The molecule has 1 aromatic heterocycles. The summed E-state index contributed by atoms with van der Waals surface area (Å²) in [6.07, 6.45) is 5.10. The molecule has 1 aromatic carbocycles. The number of hydrogen-bond acceptors (Lipinski definition) is 5. The van der Waals surface area contributed by atoms with Crippen molar-refractivity contribution in [3.63, 3.8) is 0 Å². The number of aryl methyl sites for hydroxylation is 1. The van der Waals surface area contributed by atoms with Gasteiger partial charge in [0.25, 0.3) is 5.91 Å². The third-order valence-corrected chi connectivity index (χ3v) is 5.29. The van der Waals surface area contributed by atoms with Crippen LogP contribution >= 0.6 is 11.3 Å². The second kappa shape index (κ2) is 9.08. The van der Waals surface area contributed by atoms with Crippen molar-refractivity contribution in [1.29, 1.82) is 0 Å². The van der Waals surface area contributed by atoms with Gasteiger partial charge < -0.3 is 15.8 Å². The molecule has 0 saturated carbocycles. The van der Waals surface area contributed by atoms with E-state index >= 15 is 0 Å². The van der Waals surface area contributed by atoms with E-state index in [0.717, 1.165) is 24.3 Å². The molecule has 2 aromatic rings. The fraction of sp³-hybridized carbons (Fsp3) is 0.474. The third-order valence-electron chi connectivity index (χ3n) is 4.38. The summed E-state index contributed by atoms with van der Waals surface area (Å²) in [4.78, 5) is 16.3. The number of carbonyl (C=O) groups excluding carboxylic acids is 1. The van der Waals surface area contributed by atoms with E-state index < -0.39 is 0 Å². The molecule has 134 valence electrons. The summed E-state index contributed by atoms with van der Waals surface area (Å²) in [5.41, 5.74) is 8.72. The van der Waals surface area contributed by atoms with Gasteiger partial charge in [-0.05, 0) is 43.4 Å². The number of benzene rings is 1. The minimum atomic E-state index is -0.123. The maximum absolute atomic E-state index is 12.1. The summed E-state index contributed by atoms with van der Waals surface area (Å²) in [7, 11) is 0. The summed E-state index contributed by atoms with van der Waals surface area (Å²) in [5.74, 6) is -0.123. The van der Waals surface area contributed by atoms with Crippen molar-refractivity contribution in [3.05, 3.63) is 51.5 Å². The van der Waals surface area contributed by atoms with Gasteiger partial charge in [-0.25, -0.2) is 4.98 Å². The Morgan fingerprint density at radius 3 is 3.16 bits per heavy atom. The van der Waals surface area contributed by atoms with Crippen LogP contribution in [0, 0.1) is 0 Å². The molecule has 0 saturated heterocycles. The number of carbonyl (C=O) groups is 1. The Hall–Kier alpha value is -1.76. The summed E-state index contributed by atoms with van der Waals surface area (Å²) < 4.78 is 6.05. The molecule has 5 nitrogen and oxygen atoms in total. The van der Waals surface area contributed by atoms with Crippen LogP contribution in [0.5, 0.6) is 0 Å². The minimum Gasteiger partial charge on any atom is -0.373 e. The highest BCUT2D eigenvalue weighted by molar-refractivity contribution is 7.09. The van der Waals surface area contributed by atoms with Gasteiger partial charge in [0, 0.05) is 25.0 Å². The van der Waals surface area contributed by atoms with Crippen LogP contribution in [0.1, 0.15) is 52.0 Å². The molecular formula is C19H25N3O2S. The summed E-state index contributed by atoms with van der Waals surface area (Å²) in [6.45, 7) is 1.79. The first kappa shape index (κ1) is 18.0. The zero-order chi connectivity index (χ0) is 17.5. The number of fused-ring (bicyclic) bond motifs is 1. The Balaban J connectivity index is 1.38. The van der Waals surface area contributed by atoms with Crippen LogP contribution in [0.25, 0.3) is 0 Å². The van der Waals surface area contributed by atoms with E-state index in [0.29, 0.717) is 31.8 Å². The average molecular weight is 359 g/mol. The number of rotatable bonds is 8. The molecule has 0 aliphatic heterocycles. The molecule has 6 heteroatoms. The molecule has 0 fully saturated rings. The van der Waals surface area contributed by atoms with Crippen molar-refractivity contribution >= 4 is 17.2 Å². The first-order chi connectivity index (χ1) is 12.3. The Bertz CT molecular complexity index is 701. The number of nitrogens with one attached hydrogen (secondary N) is 1. The number of nitrogens with zero attached hydrogens (tertiary/aromatic N) is 1. The second-order valence-electron chi connectivity index (χ2n) is 6.23. The van der Waals surface area contributed by atoms with Gasteiger partial charge in [0.05, 0.1) is 11.1 Å². The second-order valence-corrected chi connectivity index (χ2v) is 7.17. The molecule has 3 rings (SSSR count). The first-order valence-corrected chi connectivity index (χ1v) is 9.78. The predicted octanol–water partition coefficient (Wildman–Crippen LogP) is 2.86. The van der Waals surface area contributed by atoms with Crippen LogP contribution in [0.4, 0.5) is 0 Å². The molecule has 25 heavy (non-hydrogen) atoms. The summed E-state index contributed by atoms with van der Waals surface area (Å²) in [5, 5.41) is 5.60. The Labute approximate surface area is 152 Å². The predicted molar refractivity (Wildman–Crippen MR) is 99.9 cm³/mol. The Kier molecular flexibility index (Phi) is 6.55. The van der Waals surface area contributed by atoms with E-state index in [1.165, 1.54) is 28.9 Å². The molecular weight excluding hydrogens is 334 g/mol. The first-order valence-electron chi connectivity index (χ1n) is 8.90. The lowest BCUT2D eigenvalue weighted by molar-refractivity contribution is 0.0393. The standard InChI is InChI=1S/C19H25N3O2S/c20-10-9-18-22-16(13-25-18)19(23)21-11-4-12-24-17-8-3-6-14-5-1-2-7-15(14)17/h1-2,5,7,13,17H,3-4,6,8-12,20H2,(H,21,23). The number of amides is 1. The number of hydrogen-bond donors (Lipinski definition) is 2. The fourth-order valence-electron chi connectivity index (χ4n) is 3.13. The van der Waals surface area contributed by atoms with Crippen molar-refractivity contribution in [3.8, 4) is 0 Å². The summed E-state index contributed by atoms with van der Waals surface area (Å²) in [6, 6.07) is 8.53. The van der Waals surface area contributed by atoms with Crippen LogP contribution in [-0.2, 0) is 17.6 Å². The molecule has 1 aliphatic rings. The van der Waals surface area contributed by atoms with Crippen molar-refractivity contribution in [2.75, 3.05) is 19.7 Å². The maximum Gasteiger partial charge on any atom is 0.270 e. The molecule has 0 radical (unpaired) electrons.